The molecule has 1 aliphatic heterocycles. The summed E-state index contributed by atoms with van der Waals surface area (Å²) in [7, 11) is -1.82. The number of thiazole rings is 1. The maximum Gasteiger partial charge on any atom is 0.192 e. The smallest absolute Gasteiger partial charge is 0.192 e. The van der Waals surface area contributed by atoms with Crippen LogP contribution in [-0.2, 0) is 25.1 Å². The monoisotopic (exact) mass is 679 g/mol. The van der Waals surface area contributed by atoms with E-state index in [4.69, 9.17) is 18.9 Å². The number of ether oxygens (including phenoxy) is 2. The third-order valence-corrected chi connectivity index (χ3v) is 16.1. The molecule has 1 N–H and O–H groups in total. The molecule has 2 heterocycles. The van der Waals surface area contributed by atoms with Crippen molar-refractivity contribution in [3.05, 3.63) is 28.7 Å². The van der Waals surface area contributed by atoms with Crippen molar-refractivity contribution in [3.8, 4) is 0 Å². The molecule has 1 aromatic heterocycles. The second-order valence-corrected chi connectivity index (χ2v) is 22.7. The summed E-state index contributed by atoms with van der Waals surface area (Å²) in [5.74, 6) is -0.218. The molecule has 0 aliphatic carbocycles. The van der Waals surface area contributed by atoms with E-state index >= 15 is 0 Å². The average molecular weight is 680 g/mol. The molecule has 266 valence electrons. The molecule has 1 fully saturated rings. The molecule has 1 saturated heterocycles. The molecule has 46 heavy (non-hydrogen) atoms. The van der Waals surface area contributed by atoms with E-state index in [1.54, 1.807) is 17.4 Å². The molecular formula is C38H69NO5SSi. The van der Waals surface area contributed by atoms with Crippen LogP contribution in [0.1, 0.15) is 125 Å². The van der Waals surface area contributed by atoms with Crippen LogP contribution in [-0.4, -0.2) is 54.9 Å². The van der Waals surface area contributed by atoms with Gasteiger partial charge in [0.15, 0.2) is 14.1 Å². The Labute approximate surface area is 287 Å². The molecule has 0 saturated carbocycles. The zero-order chi connectivity index (χ0) is 35.1. The number of Topliss-reactive ketones (excluding diaryl/α,β-unsaturated/α-hetero) is 1. The van der Waals surface area contributed by atoms with Crippen LogP contribution in [0.15, 0.2) is 18.0 Å². The predicted octanol–water partition coefficient (Wildman–Crippen LogP) is 9.93. The van der Waals surface area contributed by atoms with E-state index in [0.717, 1.165) is 42.8 Å². The largest absolute Gasteiger partial charge is 0.414 e. The number of ketones is 1. The predicted molar refractivity (Wildman–Crippen MR) is 196 cm³/mol. The highest BCUT2D eigenvalue weighted by molar-refractivity contribution is 7.09. The lowest BCUT2D eigenvalue weighted by Gasteiger charge is -2.45. The van der Waals surface area contributed by atoms with Crippen molar-refractivity contribution in [1.82, 2.24) is 4.98 Å². The standard InChI is InChI=1S/C38H69NO5SSi/c1-15-17-31(35(41)38(12,24-30-25-45-29(6)39-30)33-22-23-42-37(10,11)43-33)34(40)28(5)19-16-18-27(4)20-21-32(26(2)3)44-46(13,14)36(7,8)9/h15,25-28,31-34,40H,1,16-24H2,2-14H3/t27?,28-,31?,32-,33-,34+,38?/m0/s1. The first kappa shape index (κ1) is 41.3. The van der Waals surface area contributed by atoms with Crippen LogP contribution < -0.4 is 0 Å². The van der Waals surface area contributed by atoms with Crippen molar-refractivity contribution >= 4 is 25.4 Å². The van der Waals surface area contributed by atoms with Gasteiger partial charge in [-0.25, -0.2) is 4.98 Å². The molecule has 1 aliphatic rings. The van der Waals surface area contributed by atoms with Gasteiger partial charge in [0.05, 0.1) is 34.9 Å². The first-order chi connectivity index (χ1) is 21.1. The molecule has 8 heteroatoms. The van der Waals surface area contributed by atoms with Gasteiger partial charge >= 0.3 is 0 Å². The highest BCUT2D eigenvalue weighted by Gasteiger charge is 2.50. The average Bonchev–Trinajstić information content (AvgIpc) is 3.35. The van der Waals surface area contributed by atoms with Crippen molar-refractivity contribution in [2.75, 3.05) is 6.61 Å². The molecule has 2 rings (SSSR count). The number of aromatic nitrogens is 1. The molecule has 6 nitrogen and oxygen atoms in total. The fraction of sp³-hybridized carbons (Fsp3) is 0.842. The third kappa shape index (κ3) is 11.6. The molecule has 1 aromatic rings. The first-order valence-electron chi connectivity index (χ1n) is 17.9. The number of carbonyl (C=O) groups is 1. The normalized spacial score (nSPS) is 22.1. The van der Waals surface area contributed by atoms with Gasteiger partial charge in [-0.2, -0.15) is 0 Å². The van der Waals surface area contributed by atoms with Gasteiger partial charge < -0.3 is 19.0 Å². The topological polar surface area (TPSA) is 77.9 Å². The van der Waals surface area contributed by atoms with E-state index in [1.165, 1.54) is 0 Å². The summed E-state index contributed by atoms with van der Waals surface area (Å²) >= 11 is 1.59. The number of hydrogen-bond acceptors (Lipinski definition) is 7. The third-order valence-electron chi connectivity index (χ3n) is 10.8. The van der Waals surface area contributed by atoms with Crippen LogP contribution in [0.5, 0.6) is 0 Å². The van der Waals surface area contributed by atoms with E-state index in [0.29, 0.717) is 43.8 Å². The summed E-state index contributed by atoms with van der Waals surface area (Å²) in [6.07, 6.45) is 7.74. The van der Waals surface area contributed by atoms with Gasteiger partial charge in [-0.15, -0.1) is 17.9 Å². The fourth-order valence-electron chi connectivity index (χ4n) is 6.56. The number of aliphatic hydroxyl groups excluding tert-OH is 1. The van der Waals surface area contributed by atoms with Crippen LogP contribution in [0.4, 0.5) is 0 Å². The Morgan fingerprint density at radius 2 is 1.83 bits per heavy atom. The Hall–Kier alpha value is -0.903. The summed E-state index contributed by atoms with van der Waals surface area (Å²) in [5, 5.41) is 15.0. The number of aryl methyl sites for hydroxylation is 1. The van der Waals surface area contributed by atoms with Gasteiger partial charge in [0.25, 0.3) is 0 Å². The summed E-state index contributed by atoms with van der Waals surface area (Å²) in [4.78, 5) is 19.3. The van der Waals surface area contributed by atoms with Gasteiger partial charge in [0, 0.05) is 23.8 Å². The molecule has 0 bridgehead atoms. The summed E-state index contributed by atoms with van der Waals surface area (Å²) < 4.78 is 19.1. The number of carbonyl (C=O) groups excluding carboxylic acids is 1. The zero-order valence-corrected chi connectivity index (χ0v) is 33.5. The molecule has 7 atom stereocenters. The summed E-state index contributed by atoms with van der Waals surface area (Å²) in [6, 6.07) is 0. The van der Waals surface area contributed by atoms with Gasteiger partial charge in [-0.1, -0.05) is 67.4 Å². The number of allylic oxidation sites excluding steroid dienone is 1. The van der Waals surface area contributed by atoms with Gasteiger partial charge in [-0.3, -0.25) is 4.79 Å². The van der Waals surface area contributed by atoms with Crippen molar-refractivity contribution in [2.24, 2.45) is 29.1 Å². The maximum atomic E-state index is 14.6. The van der Waals surface area contributed by atoms with Crippen molar-refractivity contribution in [1.29, 1.82) is 0 Å². The van der Waals surface area contributed by atoms with Crippen molar-refractivity contribution in [2.45, 2.75) is 170 Å². The van der Waals surface area contributed by atoms with Crippen LogP contribution in [0, 0.1) is 36.0 Å². The molecule has 0 aromatic carbocycles. The lowest BCUT2D eigenvalue weighted by atomic mass is 9.67. The SMILES string of the molecule is C=CCC(C(=O)C(C)(Cc1csc(C)n1)[C@@H]1CCOC(C)(C)O1)[C@H](O)[C@@H](C)CCCC(C)CC[C@H](O[Si](C)(C)C(C)(C)C)C(C)C. The highest BCUT2D eigenvalue weighted by Crippen LogP contribution is 2.42. The van der Waals surface area contributed by atoms with Crippen LogP contribution in [0.2, 0.25) is 18.1 Å². The summed E-state index contributed by atoms with van der Waals surface area (Å²) in [5.41, 5.74) is 0.0405. The number of hydrogen-bond donors (Lipinski definition) is 1. The van der Waals surface area contributed by atoms with Gasteiger partial charge in [0.1, 0.15) is 5.78 Å². The number of nitrogens with zero attached hydrogens (tertiary/aromatic N) is 1. The van der Waals surface area contributed by atoms with Crippen molar-refractivity contribution in [3.63, 3.8) is 0 Å². The van der Waals surface area contributed by atoms with Gasteiger partial charge in [0.2, 0.25) is 0 Å². The van der Waals surface area contributed by atoms with Crippen LogP contribution in [0.3, 0.4) is 0 Å². The lowest BCUT2D eigenvalue weighted by Crippen LogP contribution is -2.54. The number of rotatable bonds is 19. The lowest BCUT2D eigenvalue weighted by molar-refractivity contribution is -0.290. The summed E-state index contributed by atoms with van der Waals surface area (Å²) in [6.45, 7) is 32.9. The van der Waals surface area contributed by atoms with E-state index in [-0.39, 0.29) is 22.8 Å². The Kier molecular flexibility index (Phi) is 15.4. The minimum Gasteiger partial charge on any atom is -0.414 e. The molecular weight excluding hydrogens is 611 g/mol. The second-order valence-electron chi connectivity index (χ2n) is 16.8. The molecule has 0 amide bonds. The Morgan fingerprint density at radius 1 is 1.17 bits per heavy atom. The van der Waals surface area contributed by atoms with Gasteiger partial charge in [-0.05, 0) is 95.7 Å². The number of aliphatic hydroxyl groups is 1. The van der Waals surface area contributed by atoms with E-state index in [9.17, 15) is 9.90 Å². The van der Waals surface area contributed by atoms with E-state index in [1.807, 2.05) is 33.1 Å². The Bertz CT molecular complexity index is 1100. The fourth-order valence-corrected chi connectivity index (χ4v) is 8.67. The van der Waals surface area contributed by atoms with Crippen LogP contribution >= 0.6 is 11.3 Å². The Morgan fingerprint density at radius 3 is 2.35 bits per heavy atom. The Balaban J connectivity index is 2.08. The minimum atomic E-state index is -1.82. The molecule has 3 unspecified atom stereocenters. The minimum absolute atomic E-state index is 0.00996. The van der Waals surface area contributed by atoms with E-state index < -0.39 is 31.5 Å². The molecule has 0 radical (unpaired) electrons. The first-order valence-corrected chi connectivity index (χ1v) is 21.7. The van der Waals surface area contributed by atoms with Crippen LogP contribution in [0.25, 0.3) is 0 Å². The zero-order valence-electron chi connectivity index (χ0n) is 31.7. The van der Waals surface area contributed by atoms with E-state index in [2.05, 4.69) is 68.1 Å². The van der Waals surface area contributed by atoms with Crippen molar-refractivity contribution < 1.29 is 23.8 Å². The molecule has 0 spiro atoms. The maximum absolute atomic E-state index is 14.6. The second kappa shape index (κ2) is 17.2. The quantitative estimate of drug-likeness (QED) is 0.116. The highest BCUT2D eigenvalue weighted by atomic mass is 32.1.